The van der Waals surface area contributed by atoms with Crippen LogP contribution >= 0.6 is 27.3 Å². The first-order chi connectivity index (χ1) is 9.63. The van der Waals surface area contributed by atoms with E-state index in [0.717, 1.165) is 15.8 Å². The molecule has 1 atom stereocenters. The Morgan fingerprint density at radius 3 is 2.70 bits per heavy atom. The molecule has 0 saturated heterocycles. The summed E-state index contributed by atoms with van der Waals surface area (Å²) < 4.78 is 11.5. The molecular formula is C15H18BrNO2S. The van der Waals surface area contributed by atoms with Gasteiger partial charge in [-0.2, -0.15) is 0 Å². The Labute approximate surface area is 131 Å². The summed E-state index contributed by atoms with van der Waals surface area (Å²) in [7, 11) is 1.66. The number of thiophene rings is 1. The van der Waals surface area contributed by atoms with E-state index in [2.05, 4.69) is 34.3 Å². The van der Waals surface area contributed by atoms with Gasteiger partial charge in [-0.1, -0.05) is 6.07 Å². The second-order valence-corrected chi connectivity index (χ2v) is 6.28. The lowest BCUT2D eigenvalue weighted by Gasteiger charge is -2.14. The molecule has 1 heterocycles. The van der Waals surface area contributed by atoms with Gasteiger partial charge in [-0.15, -0.1) is 11.3 Å². The number of nitrogens with two attached hydrogens (primary N) is 1. The summed E-state index contributed by atoms with van der Waals surface area (Å²) in [5.41, 5.74) is 8.64. The first kappa shape index (κ1) is 15.5. The molecule has 0 saturated carbocycles. The molecule has 1 aromatic carbocycles. The van der Waals surface area contributed by atoms with Crippen LogP contribution in [0.2, 0.25) is 0 Å². The molecule has 0 spiro atoms. The van der Waals surface area contributed by atoms with E-state index in [0.29, 0.717) is 13.2 Å². The summed E-state index contributed by atoms with van der Waals surface area (Å²) in [6.07, 6.45) is 0. The number of hydrogen-bond acceptors (Lipinski definition) is 4. The molecule has 0 amide bonds. The molecule has 3 nitrogen and oxygen atoms in total. The lowest BCUT2D eigenvalue weighted by molar-refractivity contribution is 0.146. The molecule has 0 bridgehead atoms. The molecule has 5 heteroatoms. The summed E-state index contributed by atoms with van der Waals surface area (Å²) in [6.45, 7) is 3.19. The molecule has 1 unspecified atom stereocenters. The van der Waals surface area contributed by atoms with E-state index < -0.39 is 0 Å². The SMILES string of the molecule is COCCOc1ccc(C(N)c2sccc2C)cc1Br. The first-order valence-corrected chi connectivity index (χ1v) is 8.01. The molecule has 2 rings (SSSR count). The molecule has 20 heavy (non-hydrogen) atoms. The predicted octanol–water partition coefficient (Wildman–Crippen LogP) is 3.89. The van der Waals surface area contributed by atoms with Crippen molar-refractivity contribution in [1.82, 2.24) is 0 Å². The fraction of sp³-hybridized carbons (Fsp3) is 0.333. The third-order valence-corrected chi connectivity index (χ3v) is 4.77. The van der Waals surface area contributed by atoms with Gasteiger partial charge in [-0.25, -0.2) is 0 Å². The Morgan fingerprint density at radius 2 is 2.10 bits per heavy atom. The Kier molecular flexibility index (Phi) is 5.60. The lowest BCUT2D eigenvalue weighted by Crippen LogP contribution is -2.11. The number of aryl methyl sites for hydroxylation is 1. The number of ether oxygens (including phenoxy) is 2. The van der Waals surface area contributed by atoms with E-state index in [4.69, 9.17) is 15.2 Å². The molecule has 2 N–H and O–H groups in total. The van der Waals surface area contributed by atoms with Crippen molar-refractivity contribution in [2.45, 2.75) is 13.0 Å². The molecule has 0 aliphatic carbocycles. The molecule has 0 aliphatic heterocycles. The van der Waals surface area contributed by atoms with Crippen LogP contribution in [0.4, 0.5) is 0 Å². The molecule has 108 valence electrons. The standard InChI is InChI=1S/C15H18BrNO2S/c1-10-5-8-20-15(10)14(17)11-3-4-13(12(16)9-11)19-7-6-18-2/h3-5,8-9,14H,6-7,17H2,1-2H3. The van der Waals surface area contributed by atoms with Crippen molar-refractivity contribution in [2.24, 2.45) is 5.73 Å². The molecule has 2 aromatic rings. The minimum Gasteiger partial charge on any atom is -0.490 e. The molecule has 0 radical (unpaired) electrons. The number of halogens is 1. The van der Waals surface area contributed by atoms with Crippen molar-refractivity contribution in [3.63, 3.8) is 0 Å². The summed E-state index contributed by atoms with van der Waals surface area (Å²) >= 11 is 5.22. The molecular weight excluding hydrogens is 338 g/mol. The lowest BCUT2D eigenvalue weighted by atomic mass is 10.0. The van der Waals surface area contributed by atoms with Crippen LogP contribution in [0.3, 0.4) is 0 Å². The van der Waals surface area contributed by atoms with Crippen LogP contribution in [0.1, 0.15) is 22.0 Å². The molecule has 0 aliphatic rings. The highest BCUT2D eigenvalue weighted by Crippen LogP contribution is 2.32. The van der Waals surface area contributed by atoms with E-state index in [1.807, 2.05) is 18.2 Å². The van der Waals surface area contributed by atoms with E-state index in [-0.39, 0.29) is 6.04 Å². The van der Waals surface area contributed by atoms with Crippen LogP contribution in [0.15, 0.2) is 34.1 Å². The highest BCUT2D eigenvalue weighted by molar-refractivity contribution is 9.10. The molecule has 0 fully saturated rings. The van der Waals surface area contributed by atoms with Gasteiger partial charge in [0.1, 0.15) is 12.4 Å². The second kappa shape index (κ2) is 7.22. The maximum Gasteiger partial charge on any atom is 0.133 e. The van der Waals surface area contributed by atoms with Gasteiger partial charge in [0.05, 0.1) is 17.1 Å². The fourth-order valence-electron chi connectivity index (χ4n) is 1.92. The molecule has 1 aromatic heterocycles. The summed E-state index contributed by atoms with van der Waals surface area (Å²) in [5, 5.41) is 2.07. The minimum absolute atomic E-state index is 0.0978. The largest absolute Gasteiger partial charge is 0.490 e. The van der Waals surface area contributed by atoms with Crippen LogP contribution in [0.25, 0.3) is 0 Å². The zero-order valence-corrected chi connectivity index (χ0v) is 14.0. The van der Waals surface area contributed by atoms with Crippen molar-refractivity contribution < 1.29 is 9.47 Å². The number of benzene rings is 1. The zero-order chi connectivity index (χ0) is 14.5. The second-order valence-electron chi connectivity index (χ2n) is 4.48. The Hall–Kier alpha value is -0.880. The van der Waals surface area contributed by atoms with E-state index in [9.17, 15) is 0 Å². The van der Waals surface area contributed by atoms with Gasteiger partial charge in [-0.05, 0) is 57.6 Å². The third kappa shape index (κ3) is 3.61. The fourth-order valence-corrected chi connectivity index (χ4v) is 3.38. The average molecular weight is 356 g/mol. The normalized spacial score (nSPS) is 12.4. The summed E-state index contributed by atoms with van der Waals surface area (Å²) in [5.74, 6) is 0.806. The third-order valence-electron chi connectivity index (χ3n) is 3.04. The van der Waals surface area contributed by atoms with Crippen LogP contribution in [0, 0.1) is 6.92 Å². The predicted molar refractivity (Wildman–Crippen MR) is 86.6 cm³/mol. The maximum absolute atomic E-state index is 6.33. The van der Waals surface area contributed by atoms with Crippen molar-refractivity contribution in [2.75, 3.05) is 20.3 Å². The van der Waals surface area contributed by atoms with Crippen LogP contribution in [-0.2, 0) is 4.74 Å². The minimum atomic E-state index is -0.0978. The van der Waals surface area contributed by atoms with Gasteiger partial charge in [-0.3, -0.25) is 0 Å². The topological polar surface area (TPSA) is 44.5 Å². The van der Waals surface area contributed by atoms with E-state index in [1.54, 1.807) is 18.4 Å². The highest BCUT2D eigenvalue weighted by atomic mass is 79.9. The van der Waals surface area contributed by atoms with Crippen molar-refractivity contribution >= 4 is 27.3 Å². The van der Waals surface area contributed by atoms with Crippen molar-refractivity contribution in [3.05, 3.63) is 50.1 Å². The Bertz CT molecular complexity index is 571. The van der Waals surface area contributed by atoms with Crippen LogP contribution in [-0.4, -0.2) is 20.3 Å². The quantitative estimate of drug-likeness (QED) is 0.799. The number of hydrogen-bond donors (Lipinski definition) is 1. The van der Waals surface area contributed by atoms with Gasteiger partial charge in [0.25, 0.3) is 0 Å². The maximum atomic E-state index is 6.33. The summed E-state index contributed by atoms with van der Waals surface area (Å²) in [6, 6.07) is 7.97. The van der Waals surface area contributed by atoms with Gasteiger partial charge in [0.2, 0.25) is 0 Å². The summed E-state index contributed by atoms with van der Waals surface area (Å²) in [4.78, 5) is 1.20. The van der Waals surface area contributed by atoms with Crippen LogP contribution < -0.4 is 10.5 Å². The zero-order valence-electron chi connectivity index (χ0n) is 11.6. The number of rotatable bonds is 6. The van der Waals surface area contributed by atoms with E-state index in [1.165, 1.54) is 10.4 Å². The highest BCUT2D eigenvalue weighted by Gasteiger charge is 2.14. The van der Waals surface area contributed by atoms with Crippen molar-refractivity contribution in [1.29, 1.82) is 0 Å². The Morgan fingerprint density at radius 1 is 1.30 bits per heavy atom. The smallest absolute Gasteiger partial charge is 0.133 e. The van der Waals surface area contributed by atoms with Crippen molar-refractivity contribution in [3.8, 4) is 5.75 Å². The number of methoxy groups -OCH3 is 1. The Balaban J connectivity index is 2.14. The van der Waals surface area contributed by atoms with Gasteiger partial charge >= 0.3 is 0 Å². The van der Waals surface area contributed by atoms with Gasteiger partial charge in [0.15, 0.2) is 0 Å². The first-order valence-electron chi connectivity index (χ1n) is 6.34. The van der Waals surface area contributed by atoms with Gasteiger partial charge < -0.3 is 15.2 Å². The monoisotopic (exact) mass is 355 g/mol. The average Bonchev–Trinajstić information content (AvgIpc) is 2.86. The van der Waals surface area contributed by atoms with Crippen LogP contribution in [0.5, 0.6) is 5.75 Å². The van der Waals surface area contributed by atoms with E-state index >= 15 is 0 Å². The van der Waals surface area contributed by atoms with Gasteiger partial charge in [0, 0.05) is 12.0 Å².